The van der Waals surface area contributed by atoms with Crippen LogP contribution in [0.15, 0.2) is 36.5 Å². The van der Waals surface area contributed by atoms with E-state index in [2.05, 4.69) is 36.2 Å². The summed E-state index contributed by atoms with van der Waals surface area (Å²) in [5.74, 6) is -1.91. The lowest BCUT2D eigenvalue weighted by Crippen LogP contribution is -1.96. The summed E-state index contributed by atoms with van der Waals surface area (Å²) in [6.45, 7) is 2.18. The molecule has 0 N–H and O–H groups in total. The third-order valence-electron chi connectivity index (χ3n) is 3.40. The minimum atomic E-state index is -1.03. The van der Waals surface area contributed by atoms with E-state index in [0.29, 0.717) is 6.42 Å². The first-order valence-electron chi connectivity index (χ1n) is 7.06. The van der Waals surface area contributed by atoms with Gasteiger partial charge in [0.25, 0.3) is 0 Å². The Bertz CT molecular complexity index is 549. The number of nitrogens with zero attached hydrogens (tertiary/aromatic N) is 1. The fourth-order valence-electron chi connectivity index (χ4n) is 2.14. The van der Waals surface area contributed by atoms with Gasteiger partial charge in [0.2, 0.25) is 5.95 Å². The lowest BCUT2D eigenvalue weighted by Gasteiger charge is -2.04. The molecule has 1 heterocycles. The van der Waals surface area contributed by atoms with Gasteiger partial charge in [-0.15, -0.1) is 0 Å². The number of pyridine rings is 1. The molecule has 0 atom stereocenters. The van der Waals surface area contributed by atoms with Crippen LogP contribution < -0.4 is 0 Å². The van der Waals surface area contributed by atoms with Gasteiger partial charge >= 0.3 is 0 Å². The minimum absolute atomic E-state index is 0.665. The predicted molar refractivity (Wildman–Crippen MR) is 76.6 cm³/mol. The summed E-state index contributed by atoms with van der Waals surface area (Å²) in [6.07, 6.45) is 6.39. The molecule has 0 spiro atoms. The van der Waals surface area contributed by atoms with Gasteiger partial charge < -0.3 is 0 Å². The molecule has 0 bridgehead atoms. The molecule has 0 radical (unpaired) electrons. The second-order valence-electron chi connectivity index (χ2n) is 5.04. The highest BCUT2D eigenvalue weighted by atomic mass is 19.2. The highest BCUT2D eigenvalue weighted by molar-refractivity contribution is 5.24. The van der Waals surface area contributed by atoms with Crippen LogP contribution in [-0.4, -0.2) is 4.98 Å². The van der Waals surface area contributed by atoms with E-state index in [9.17, 15) is 8.78 Å². The van der Waals surface area contributed by atoms with E-state index >= 15 is 0 Å². The molecule has 1 nitrogen and oxygen atoms in total. The molecule has 3 heteroatoms. The van der Waals surface area contributed by atoms with Gasteiger partial charge in [-0.25, -0.2) is 9.37 Å². The maximum absolute atomic E-state index is 13.0. The SMILES string of the molecule is CCCCc1ccc(CCc2cnc(F)c(F)c2)cc1. The molecule has 20 heavy (non-hydrogen) atoms. The molecule has 0 aliphatic rings. The standard InChI is InChI=1S/C17H19F2N/c1-2-3-4-13-5-7-14(8-6-13)9-10-15-11-16(18)17(19)20-12-15/h5-8,11-12H,2-4,9-10H2,1H3. The van der Waals surface area contributed by atoms with Crippen molar-refractivity contribution in [1.29, 1.82) is 0 Å². The van der Waals surface area contributed by atoms with E-state index in [0.717, 1.165) is 18.4 Å². The Morgan fingerprint density at radius 2 is 1.50 bits per heavy atom. The van der Waals surface area contributed by atoms with Gasteiger partial charge in [0.1, 0.15) is 0 Å². The molecular formula is C17H19F2N. The first-order valence-corrected chi connectivity index (χ1v) is 7.06. The molecule has 0 fully saturated rings. The Hall–Kier alpha value is -1.77. The van der Waals surface area contributed by atoms with Crippen molar-refractivity contribution in [3.63, 3.8) is 0 Å². The van der Waals surface area contributed by atoms with Crippen LogP contribution in [0, 0.1) is 11.8 Å². The van der Waals surface area contributed by atoms with Crippen molar-refractivity contribution < 1.29 is 8.78 Å². The average Bonchev–Trinajstić information content (AvgIpc) is 2.47. The number of halogens is 2. The monoisotopic (exact) mass is 275 g/mol. The normalized spacial score (nSPS) is 10.8. The van der Waals surface area contributed by atoms with Crippen LogP contribution in [0.4, 0.5) is 8.78 Å². The van der Waals surface area contributed by atoms with Gasteiger partial charge in [-0.1, -0.05) is 37.6 Å². The van der Waals surface area contributed by atoms with Gasteiger partial charge in [0.05, 0.1) is 0 Å². The number of rotatable bonds is 6. The van der Waals surface area contributed by atoms with Crippen LogP contribution in [0.5, 0.6) is 0 Å². The first kappa shape index (κ1) is 14.6. The van der Waals surface area contributed by atoms with Crippen LogP contribution in [0.3, 0.4) is 0 Å². The quantitative estimate of drug-likeness (QED) is 0.708. The maximum atomic E-state index is 13.0. The van der Waals surface area contributed by atoms with Gasteiger partial charge in [-0.3, -0.25) is 0 Å². The van der Waals surface area contributed by atoms with E-state index < -0.39 is 11.8 Å². The van der Waals surface area contributed by atoms with Crippen LogP contribution in [0.25, 0.3) is 0 Å². The summed E-state index contributed by atoms with van der Waals surface area (Å²) in [7, 11) is 0. The highest BCUT2D eigenvalue weighted by Crippen LogP contribution is 2.12. The molecule has 0 amide bonds. The number of aryl methyl sites for hydroxylation is 3. The molecular weight excluding hydrogens is 256 g/mol. The third-order valence-corrected chi connectivity index (χ3v) is 3.40. The van der Waals surface area contributed by atoms with Crippen molar-refractivity contribution in [3.8, 4) is 0 Å². The molecule has 0 aliphatic carbocycles. The fourth-order valence-corrected chi connectivity index (χ4v) is 2.14. The summed E-state index contributed by atoms with van der Waals surface area (Å²) < 4.78 is 25.8. The van der Waals surface area contributed by atoms with Crippen molar-refractivity contribution in [2.24, 2.45) is 0 Å². The molecule has 2 rings (SSSR count). The summed E-state index contributed by atoms with van der Waals surface area (Å²) in [5.41, 5.74) is 3.28. The van der Waals surface area contributed by atoms with Crippen molar-refractivity contribution in [2.45, 2.75) is 39.0 Å². The number of hydrogen-bond donors (Lipinski definition) is 0. The fraction of sp³-hybridized carbons (Fsp3) is 0.353. The van der Waals surface area contributed by atoms with Crippen LogP contribution in [0.1, 0.15) is 36.5 Å². The Morgan fingerprint density at radius 1 is 0.900 bits per heavy atom. The van der Waals surface area contributed by atoms with Crippen LogP contribution in [-0.2, 0) is 19.3 Å². The number of hydrogen-bond acceptors (Lipinski definition) is 1. The third kappa shape index (κ3) is 4.12. The van der Waals surface area contributed by atoms with E-state index in [-0.39, 0.29) is 0 Å². The lowest BCUT2D eigenvalue weighted by molar-refractivity contribution is 0.477. The van der Waals surface area contributed by atoms with Gasteiger partial charge in [0, 0.05) is 6.20 Å². The lowest BCUT2D eigenvalue weighted by atomic mass is 10.0. The van der Waals surface area contributed by atoms with Crippen molar-refractivity contribution in [1.82, 2.24) is 4.98 Å². The average molecular weight is 275 g/mol. The molecule has 106 valence electrons. The van der Waals surface area contributed by atoms with E-state index in [4.69, 9.17) is 0 Å². The van der Waals surface area contributed by atoms with Crippen LogP contribution >= 0.6 is 0 Å². The number of benzene rings is 1. The van der Waals surface area contributed by atoms with Gasteiger partial charge in [-0.2, -0.15) is 4.39 Å². The maximum Gasteiger partial charge on any atom is 0.248 e. The smallest absolute Gasteiger partial charge is 0.225 e. The van der Waals surface area contributed by atoms with Gasteiger partial charge in [0.15, 0.2) is 5.82 Å². The Morgan fingerprint density at radius 3 is 2.10 bits per heavy atom. The second-order valence-corrected chi connectivity index (χ2v) is 5.04. The Balaban J connectivity index is 1.91. The zero-order chi connectivity index (χ0) is 14.4. The number of aromatic nitrogens is 1. The molecule has 0 unspecified atom stereocenters. The summed E-state index contributed by atoms with van der Waals surface area (Å²) in [5, 5.41) is 0. The summed E-state index contributed by atoms with van der Waals surface area (Å²) in [6, 6.07) is 9.73. The highest BCUT2D eigenvalue weighted by Gasteiger charge is 2.04. The largest absolute Gasteiger partial charge is 0.248 e. The zero-order valence-electron chi connectivity index (χ0n) is 11.7. The second kappa shape index (κ2) is 7.13. The Kier molecular flexibility index (Phi) is 5.22. The first-order chi connectivity index (χ1) is 9.69. The Labute approximate surface area is 118 Å². The van der Waals surface area contributed by atoms with Crippen molar-refractivity contribution >= 4 is 0 Å². The van der Waals surface area contributed by atoms with Gasteiger partial charge in [-0.05, 0) is 48.4 Å². The summed E-state index contributed by atoms with van der Waals surface area (Å²) in [4.78, 5) is 3.40. The molecule has 2 aromatic rings. The van der Waals surface area contributed by atoms with Crippen molar-refractivity contribution in [3.05, 3.63) is 65.0 Å². The topological polar surface area (TPSA) is 12.9 Å². The van der Waals surface area contributed by atoms with E-state index in [1.165, 1.54) is 36.2 Å². The van der Waals surface area contributed by atoms with E-state index in [1.807, 2.05) is 0 Å². The zero-order valence-corrected chi connectivity index (χ0v) is 11.7. The summed E-state index contributed by atoms with van der Waals surface area (Å²) >= 11 is 0. The molecule has 0 saturated heterocycles. The minimum Gasteiger partial charge on any atom is -0.225 e. The van der Waals surface area contributed by atoms with Crippen LogP contribution in [0.2, 0.25) is 0 Å². The molecule has 0 aliphatic heterocycles. The van der Waals surface area contributed by atoms with Crippen molar-refractivity contribution in [2.75, 3.05) is 0 Å². The van der Waals surface area contributed by atoms with E-state index in [1.54, 1.807) is 0 Å². The molecule has 1 aromatic heterocycles. The predicted octanol–water partition coefficient (Wildman–Crippen LogP) is 4.49. The molecule has 0 saturated carbocycles. The molecule has 1 aromatic carbocycles. The number of unbranched alkanes of at least 4 members (excludes halogenated alkanes) is 1.